The number of hydrogen-bond acceptors (Lipinski definition) is 8. The number of hydrogen-bond donors (Lipinski definition) is 3. The Bertz CT molecular complexity index is 661. The molecule has 0 spiro atoms. The fraction of sp³-hybridized carbons (Fsp3) is 0.667. The van der Waals surface area contributed by atoms with E-state index >= 15 is 0 Å². The van der Waals surface area contributed by atoms with Crippen LogP contribution in [-0.4, -0.2) is 50.5 Å². The molecule has 1 aromatic rings. The standard InChI is InChI=1S/C12H17N3O6/c1-12(2)20-8-6(5-16)19-10(9(8)21-12)15-4-3-7(14-18)13-11(15)17/h3-4,6,8-10,16,18H,5H2,1-2H3,(H,13,14,17)/t6-,8+,9?,10-/m1/s1/i5D2. The Kier molecular flexibility index (Phi) is 2.89. The number of fused-ring (bicyclic) bond motifs is 1. The van der Waals surface area contributed by atoms with Crippen molar-refractivity contribution in [1.82, 2.24) is 9.55 Å². The lowest BCUT2D eigenvalue weighted by Gasteiger charge is -2.24. The first-order valence-electron chi connectivity index (χ1n) is 7.35. The Morgan fingerprint density at radius 1 is 1.52 bits per heavy atom. The fourth-order valence-corrected chi connectivity index (χ4v) is 2.57. The van der Waals surface area contributed by atoms with E-state index in [1.54, 1.807) is 19.3 Å². The molecule has 0 amide bonds. The molecule has 0 radical (unpaired) electrons. The molecule has 9 nitrogen and oxygen atoms in total. The summed E-state index contributed by atoms with van der Waals surface area (Å²) < 4.78 is 32.9. The second-order valence-electron chi connectivity index (χ2n) is 5.26. The van der Waals surface area contributed by atoms with E-state index in [1.165, 1.54) is 12.3 Å². The quantitative estimate of drug-likeness (QED) is 0.637. The van der Waals surface area contributed by atoms with Gasteiger partial charge >= 0.3 is 5.69 Å². The van der Waals surface area contributed by atoms with Crippen molar-refractivity contribution in [2.45, 2.75) is 44.2 Å². The van der Waals surface area contributed by atoms with Gasteiger partial charge in [-0.2, -0.15) is 4.98 Å². The third-order valence-corrected chi connectivity index (χ3v) is 3.38. The first-order valence-corrected chi connectivity index (χ1v) is 6.35. The largest absolute Gasteiger partial charge is 0.394 e. The molecule has 1 aromatic heterocycles. The van der Waals surface area contributed by atoms with Gasteiger partial charge in [0.25, 0.3) is 0 Å². The van der Waals surface area contributed by atoms with Gasteiger partial charge in [0.05, 0.1) is 9.30 Å². The lowest BCUT2D eigenvalue weighted by atomic mass is 10.1. The molecule has 116 valence electrons. The predicted octanol–water partition coefficient (Wildman–Crippen LogP) is -0.546. The van der Waals surface area contributed by atoms with E-state index in [0.29, 0.717) is 0 Å². The molecule has 1 unspecified atom stereocenters. The van der Waals surface area contributed by atoms with Crippen molar-refractivity contribution < 1.29 is 27.3 Å². The third kappa shape index (κ3) is 2.43. The minimum atomic E-state index is -2.68. The molecule has 0 bridgehead atoms. The SMILES string of the molecule is [2H]C([2H])(O)[C@H]1O[C@@H](n2ccc(NO)nc2=O)C2OC(C)(C)O[C@H]21. The molecule has 3 rings (SSSR count). The number of anilines is 1. The van der Waals surface area contributed by atoms with Gasteiger partial charge in [-0.1, -0.05) is 0 Å². The van der Waals surface area contributed by atoms with Crippen molar-refractivity contribution in [3.8, 4) is 0 Å². The van der Waals surface area contributed by atoms with Crippen LogP contribution in [0.3, 0.4) is 0 Å². The van der Waals surface area contributed by atoms with E-state index in [4.69, 9.17) is 22.2 Å². The van der Waals surface area contributed by atoms with Gasteiger partial charge in [-0.3, -0.25) is 15.3 Å². The summed E-state index contributed by atoms with van der Waals surface area (Å²) in [5.74, 6) is -1.05. The molecule has 0 saturated carbocycles. The maximum Gasteiger partial charge on any atom is 0.351 e. The Balaban J connectivity index is 1.98. The van der Waals surface area contributed by atoms with Gasteiger partial charge in [-0.25, -0.2) is 4.79 Å². The number of nitrogens with zero attached hydrogens (tertiary/aromatic N) is 2. The first kappa shape index (κ1) is 12.1. The molecule has 4 atom stereocenters. The number of ether oxygens (including phenoxy) is 3. The van der Waals surface area contributed by atoms with Gasteiger partial charge in [0.1, 0.15) is 18.3 Å². The zero-order chi connectivity index (χ0) is 17.0. The predicted molar refractivity (Wildman–Crippen MR) is 68.7 cm³/mol. The monoisotopic (exact) mass is 301 g/mol. The van der Waals surface area contributed by atoms with Crippen LogP contribution in [0.1, 0.15) is 22.8 Å². The highest BCUT2D eigenvalue weighted by atomic mass is 16.8. The molecule has 3 heterocycles. The third-order valence-electron chi connectivity index (χ3n) is 3.38. The lowest BCUT2D eigenvalue weighted by Crippen LogP contribution is -2.34. The molecule has 0 aliphatic carbocycles. The molecule has 21 heavy (non-hydrogen) atoms. The van der Waals surface area contributed by atoms with Crippen LogP contribution in [0.5, 0.6) is 0 Å². The zero-order valence-electron chi connectivity index (χ0n) is 13.4. The number of nitrogens with one attached hydrogen (secondary N) is 1. The van der Waals surface area contributed by atoms with Gasteiger partial charge in [0.15, 0.2) is 17.8 Å². The number of aliphatic hydroxyl groups is 1. The van der Waals surface area contributed by atoms with Crippen molar-refractivity contribution in [3.05, 3.63) is 22.7 Å². The van der Waals surface area contributed by atoms with Crippen LogP contribution in [-0.2, 0) is 14.2 Å². The molecular weight excluding hydrogens is 282 g/mol. The van der Waals surface area contributed by atoms with Crippen LogP contribution < -0.4 is 11.2 Å². The van der Waals surface area contributed by atoms with Gasteiger partial charge in [0, 0.05) is 6.20 Å². The Morgan fingerprint density at radius 3 is 2.86 bits per heavy atom. The molecular formula is C12H17N3O6. The molecule has 2 aliphatic heterocycles. The maximum atomic E-state index is 12.1. The second kappa shape index (κ2) is 5.04. The van der Waals surface area contributed by atoms with E-state index in [9.17, 15) is 9.90 Å². The van der Waals surface area contributed by atoms with E-state index in [1.807, 2.05) is 0 Å². The summed E-state index contributed by atoms with van der Waals surface area (Å²) in [4.78, 5) is 15.6. The van der Waals surface area contributed by atoms with Crippen LogP contribution in [0.15, 0.2) is 17.1 Å². The van der Waals surface area contributed by atoms with E-state index in [-0.39, 0.29) is 5.82 Å². The highest BCUT2D eigenvalue weighted by molar-refractivity contribution is 5.28. The second-order valence-corrected chi connectivity index (χ2v) is 5.26. The zero-order valence-corrected chi connectivity index (χ0v) is 11.4. The van der Waals surface area contributed by atoms with Crippen LogP contribution in [0, 0.1) is 0 Å². The minimum absolute atomic E-state index is 0.0428. The van der Waals surface area contributed by atoms with Gasteiger partial charge < -0.3 is 19.3 Å². The van der Waals surface area contributed by atoms with Crippen LogP contribution in [0.25, 0.3) is 0 Å². The average Bonchev–Trinajstić information content (AvgIpc) is 2.91. The normalized spacial score (nSPS) is 36.0. The molecule has 2 fully saturated rings. The molecule has 9 heteroatoms. The summed E-state index contributed by atoms with van der Waals surface area (Å²) in [6, 6.07) is 1.33. The van der Waals surface area contributed by atoms with Gasteiger partial charge in [0.2, 0.25) is 0 Å². The minimum Gasteiger partial charge on any atom is -0.394 e. The molecule has 2 saturated heterocycles. The van der Waals surface area contributed by atoms with Gasteiger partial charge in [-0.05, 0) is 19.9 Å². The highest BCUT2D eigenvalue weighted by Gasteiger charge is 2.55. The molecule has 2 aliphatic rings. The average molecular weight is 301 g/mol. The summed E-state index contributed by atoms with van der Waals surface area (Å²) in [6.07, 6.45) is -2.73. The summed E-state index contributed by atoms with van der Waals surface area (Å²) in [7, 11) is 0. The Morgan fingerprint density at radius 2 is 2.24 bits per heavy atom. The van der Waals surface area contributed by atoms with Crippen molar-refractivity contribution in [2.24, 2.45) is 0 Å². The van der Waals surface area contributed by atoms with E-state index < -0.39 is 42.6 Å². The number of rotatable bonds is 3. The van der Waals surface area contributed by atoms with E-state index in [2.05, 4.69) is 4.98 Å². The molecule has 0 aromatic carbocycles. The summed E-state index contributed by atoms with van der Waals surface area (Å²) in [6.45, 7) is 0.615. The van der Waals surface area contributed by atoms with E-state index in [0.717, 1.165) is 4.57 Å². The van der Waals surface area contributed by atoms with Crippen molar-refractivity contribution in [1.29, 1.82) is 0 Å². The Labute approximate surface area is 122 Å². The van der Waals surface area contributed by atoms with Crippen molar-refractivity contribution >= 4 is 5.82 Å². The lowest BCUT2D eigenvalue weighted by molar-refractivity contribution is -0.200. The topological polar surface area (TPSA) is 115 Å². The van der Waals surface area contributed by atoms with Gasteiger partial charge in [-0.15, -0.1) is 0 Å². The summed E-state index contributed by atoms with van der Waals surface area (Å²) in [5, 5.41) is 18.4. The first-order chi connectivity index (χ1) is 10.6. The Hall–Kier alpha value is -1.52. The van der Waals surface area contributed by atoms with Crippen LogP contribution in [0.2, 0.25) is 0 Å². The van der Waals surface area contributed by atoms with Crippen molar-refractivity contribution in [3.63, 3.8) is 0 Å². The fourth-order valence-electron chi connectivity index (χ4n) is 2.57. The van der Waals surface area contributed by atoms with Crippen LogP contribution >= 0.6 is 0 Å². The highest BCUT2D eigenvalue weighted by Crippen LogP contribution is 2.42. The number of aromatic nitrogens is 2. The molecule has 3 N–H and O–H groups in total. The van der Waals surface area contributed by atoms with Crippen molar-refractivity contribution in [2.75, 3.05) is 12.0 Å². The van der Waals surface area contributed by atoms with Crippen LogP contribution in [0.4, 0.5) is 5.82 Å². The maximum absolute atomic E-state index is 12.1. The smallest absolute Gasteiger partial charge is 0.351 e. The summed E-state index contributed by atoms with van der Waals surface area (Å²) >= 11 is 0. The summed E-state index contributed by atoms with van der Waals surface area (Å²) in [5.41, 5.74) is 1.02.